The Bertz CT molecular complexity index is 999. The molecule has 0 bridgehead atoms. The van der Waals surface area contributed by atoms with Crippen LogP contribution in [0, 0.1) is 5.82 Å². The van der Waals surface area contributed by atoms with Crippen molar-refractivity contribution in [1.29, 1.82) is 0 Å². The largest absolute Gasteiger partial charge is 0.490 e. The highest BCUT2D eigenvalue weighted by Gasteiger charge is 2.25. The normalized spacial score (nSPS) is 13.9. The highest BCUT2D eigenvalue weighted by molar-refractivity contribution is 7.89. The van der Waals surface area contributed by atoms with Gasteiger partial charge in [-0.05, 0) is 30.3 Å². The average Bonchev–Trinajstić information content (AvgIpc) is 2.88. The van der Waals surface area contributed by atoms with Crippen molar-refractivity contribution in [2.24, 2.45) is 0 Å². The summed E-state index contributed by atoms with van der Waals surface area (Å²) in [6.45, 7) is 0.461. The number of halogens is 2. The fourth-order valence-corrected chi connectivity index (χ4v) is 3.91. The van der Waals surface area contributed by atoms with Gasteiger partial charge in [-0.25, -0.2) is 12.8 Å². The summed E-state index contributed by atoms with van der Waals surface area (Å²) in [4.78, 5) is 12.2. The lowest BCUT2D eigenvalue weighted by Gasteiger charge is -2.18. The Morgan fingerprint density at radius 2 is 1.89 bits per heavy atom. The third-order valence-corrected chi connectivity index (χ3v) is 6.11. The minimum absolute atomic E-state index is 0.0155. The van der Waals surface area contributed by atoms with E-state index in [2.05, 4.69) is 5.32 Å². The standard InChI is InChI=1S/C18H18ClFN2O5S/c1-22(11-18(23)21-15-5-3-12(20)9-14(15)19)28(24,25)13-4-6-16-17(10-13)27-8-2-7-26-16/h3-6,9-10H,2,7-8,11H2,1H3,(H,21,23). The van der Waals surface area contributed by atoms with Gasteiger partial charge in [0.05, 0.1) is 35.4 Å². The highest BCUT2D eigenvalue weighted by Crippen LogP contribution is 2.32. The summed E-state index contributed by atoms with van der Waals surface area (Å²) in [5.41, 5.74) is 0.189. The monoisotopic (exact) mass is 428 g/mol. The number of likely N-dealkylation sites (N-methyl/N-ethyl adjacent to an activating group) is 1. The number of fused-ring (bicyclic) bond motifs is 1. The van der Waals surface area contributed by atoms with E-state index in [0.29, 0.717) is 31.1 Å². The second-order valence-corrected chi connectivity index (χ2v) is 8.54. The van der Waals surface area contributed by atoms with Gasteiger partial charge in [0.25, 0.3) is 0 Å². The van der Waals surface area contributed by atoms with Gasteiger partial charge in [-0.1, -0.05) is 11.6 Å². The number of nitrogens with one attached hydrogen (secondary N) is 1. The summed E-state index contributed by atoms with van der Waals surface area (Å²) in [5, 5.41) is 2.48. The highest BCUT2D eigenvalue weighted by atomic mass is 35.5. The molecule has 0 aromatic heterocycles. The Balaban J connectivity index is 1.73. The van der Waals surface area contributed by atoms with Crippen LogP contribution in [-0.4, -0.2) is 45.4 Å². The molecular weight excluding hydrogens is 411 g/mol. The van der Waals surface area contributed by atoms with Crippen LogP contribution in [0.3, 0.4) is 0 Å². The zero-order chi connectivity index (χ0) is 20.3. The summed E-state index contributed by atoms with van der Waals surface area (Å²) in [6, 6.07) is 7.79. The molecule has 1 amide bonds. The van der Waals surface area contributed by atoms with E-state index in [4.69, 9.17) is 21.1 Å². The number of sulfonamides is 1. The van der Waals surface area contributed by atoms with Crippen LogP contribution in [0.1, 0.15) is 6.42 Å². The van der Waals surface area contributed by atoms with Crippen LogP contribution in [0.25, 0.3) is 0 Å². The SMILES string of the molecule is CN(CC(=O)Nc1ccc(F)cc1Cl)S(=O)(=O)c1ccc2c(c1)OCCCO2. The molecule has 2 aromatic rings. The number of anilines is 1. The Labute approximate surface area is 167 Å². The molecule has 0 unspecified atom stereocenters. The molecule has 1 heterocycles. The maximum absolute atomic E-state index is 13.1. The van der Waals surface area contributed by atoms with Crippen LogP contribution in [0.15, 0.2) is 41.3 Å². The van der Waals surface area contributed by atoms with Crippen molar-refractivity contribution in [3.63, 3.8) is 0 Å². The van der Waals surface area contributed by atoms with Crippen LogP contribution in [0.2, 0.25) is 5.02 Å². The van der Waals surface area contributed by atoms with Crippen molar-refractivity contribution in [1.82, 2.24) is 4.31 Å². The van der Waals surface area contributed by atoms with E-state index in [1.54, 1.807) is 0 Å². The lowest BCUT2D eigenvalue weighted by Crippen LogP contribution is -2.35. The van der Waals surface area contributed by atoms with E-state index in [9.17, 15) is 17.6 Å². The zero-order valence-electron chi connectivity index (χ0n) is 14.9. The molecule has 150 valence electrons. The molecule has 3 rings (SSSR count). The average molecular weight is 429 g/mol. The van der Waals surface area contributed by atoms with Gasteiger partial charge < -0.3 is 14.8 Å². The van der Waals surface area contributed by atoms with Gasteiger partial charge in [0, 0.05) is 19.5 Å². The summed E-state index contributed by atoms with van der Waals surface area (Å²) >= 11 is 5.86. The predicted molar refractivity (Wildman–Crippen MR) is 102 cm³/mol. The number of nitrogens with zero attached hydrogens (tertiary/aromatic N) is 1. The molecule has 0 saturated heterocycles. The van der Waals surface area contributed by atoms with Gasteiger partial charge in [0.2, 0.25) is 15.9 Å². The van der Waals surface area contributed by atoms with Gasteiger partial charge in [0.15, 0.2) is 11.5 Å². The Kier molecular flexibility index (Phi) is 6.07. The first-order chi connectivity index (χ1) is 13.3. The smallest absolute Gasteiger partial charge is 0.243 e. The van der Waals surface area contributed by atoms with Gasteiger partial charge in [-0.2, -0.15) is 4.31 Å². The number of rotatable bonds is 5. The second-order valence-electron chi connectivity index (χ2n) is 6.09. The molecule has 1 N–H and O–H groups in total. The van der Waals surface area contributed by atoms with E-state index in [0.717, 1.165) is 16.4 Å². The Morgan fingerprint density at radius 1 is 1.18 bits per heavy atom. The number of carbonyl (C=O) groups excluding carboxylic acids is 1. The summed E-state index contributed by atoms with van der Waals surface area (Å²) < 4.78 is 50.5. The number of hydrogen-bond donors (Lipinski definition) is 1. The first kappa shape index (κ1) is 20.4. The number of benzene rings is 2. The quantitative estimate of drug-likeness (QED) is 0.791. The van der Waals surface area contributed by atoms with Crippen LogP contribution in [0.4, 0.5) is 10.1 Å². The Hall–Kier alpha value is -2.36. The van der Waals surface area contributed by atoms with Crippen molar-refractivity contribution in [2.75, 3.05) is 32.1 Å². The second kappa shape index (κ2) is 8.34. The molecule has 0 radical (unpaired) electrons. The lowest BCUT2D eigenvalue weighted by molar-refractivity contribution is -0.116. The molecule has 1 aliphatic heterocycles. The molecule has 0 saturated carbocycles. The van der Waals surface area contributed by atoms with Crippen LogP contribution >= 0.6 is 11.6 Å². The molecule has 0 aliphatic carbocycles. The molecule has 0 fully saturated rings. The first-order valence-corrected chi connectivity index (χ1v) is 10.2. The fraction of sp³-hybridized carbons (Fsp3) is 0.278. The molecule has 7 nitrogen and oxygen atoms in total. The predicted octanol–water partition coefficient (Wildman–Crippen LogP) is 2.90. The van der Waals surface area contributed by atoms with Crippen molar-refractivity contribution < 1.29 is 27.1 Å². The third-order valence-electron chi connectivity index (χ3n) is 4.00. The number of carbonyl (C=O) groups is 1. The van der Waals surface area contributed by atoms with E-state index in [-0.39, 0.29) is 15.6 Å². The van der Waals surface area contributed by atoms with E-state index >= 15 is 0 Å². The topological polar surface area (TPSA) is 84.9 Å². The van der Waals surface area contributed by atoms with Crippen LogP contribution < -0.4 is 14.8 Å². The molecule has 28 heavy (non-hydrogen) atoms. The molecule has 1 aliphatic rings. The van der Waals surface area contributed by atoms with Gasteiger partial charge in [-0.15, -0.1) is 0 Å². The fourth-order valence-electron chi connectivity index (χ4n) is 2.55. The van der Waals surface area contributed by atoms with Crippen molar-refractivity contribution >= 4 is 33.2 Å². The van der Waals surface area contributed by atoms with E-state index in [1.165, 1.54) is 31.3 Å². The third kappa shape index (κ3) is 4.54. The summed E-state index contributed by atoms with van der Waals surface area (Å²) in [7, 11) is -2.66. The van der Waals surface area contributed by atoms with E-state index < -0.39 is 28.3 Å². The molecule has 0 atom stereocenters. The van der Waals surface area contributed by atoms with Crippen molar-refractivity contribution in [3.8, 4) is 11.5 Å². The van der Waals surface area contributed by atoms with Crippen LogP contribution in [0.5, 0.6) is 11.5 Å². The van der Waals surface area contributed by atoms with Crippen LogP contribution in [-0.2, 0) is 14.8 Å². The van der Waals surface area contributed by atoms with Gasteiger partial charge in [0.1, 0.15) is 5.82 Å². The van der Waals surface area contributed by atoms with Gasteiger partial charge in [-0.3, -0.25) is 4.79 Å². The van der Waals surface area contributed by atoms with Gasteiger partial charge >= 0.3 is 0 Å². The minimum atomic E-state index is -3.94. The molecular formula is C18H18ClFN2O5S. The number of hydrogen-bond acceptors (Lipinski definition) is 5. The lowest BCUT2D eigenvalue weighted by atomic mass is 10.3. The Morgan fingerprint density at radius 3 is 2.61 bits per heavy atom. The van der Waals surface area contributed by atoms with E-state index in [1.807, 2.05) is 0 Å². The van der Waals surface area contributed by atoms with Crippen molar-refractivity contribution in [2.45, 2.75) is 11.3 Å². The number of amides is 1. The summed E-state index contributed by atoms with van der Waals surface area (Å²) in [5.74, 6) is -0.344. The summed E-state index contributed by atoms with van der Waals surface area (Å²) in [6.07, 6.45) is 0.697. The molecule has 0 spiro atoms. The number of ether oxygens (including phenoxy) is 2. The maximum Gasteiger partial charge on any atom is 0.243 e. The first-order valence-electron chi connectivity index (χ1n) is 8.38. The van der Waals surface area contributed by atoms with Crippen molar-refractivity contribution in [3.05, 3.63) is 47.2 Å². The zero-order valence-corrected chi connectivity index (χ0v) is 16.5. The minimum Gasteiger partial charge on any atom is -0.490 e. The molecule has 2 aromatic carbocycles. The maximum atomic E-state index is 13.1. The molecule has 10 heteroatoms.